The Hall–Kier alpha value is -3.02. The van der Waals surface area contributed by atoms with Crippen molar-refractivity contribution in [2.75, 3.05) is 12.3 Å². The SMILES string of the molecule is CCOc1ccccc1-c1nc2ccc(C(=O)O)cn2c1N. The molecule has 6 heteroatoms. The Kier molecular flexibility index (Phi) is 3.42. The maximum Gasteiger partial charge on any atom is 0.337 e. The minimum absolute atomic E-state index is 0.154. The lowest BCUT2D eigenvalue weighted by Gasteiger charge is -2.08. The van der Waals surface area contributed by atoms with Gasteiger partial charge in [-0.2, -0.15) is 0 Å². The number of ether oxygens (including phenoxy) is 1. The maximum atomic E-state index is 11.1. The Morgan fingerprint density at radius 1 is 1.32 bits per heavy atom. The standard InChI is InChI=1S/C16H15N3O3/c1-2-22-12-6-4-3-5-11(12)14-15(17)19-9-10(16(20)21)7-8-13(19)18-14/h3-9H,2,17H2,1H3,(H,20,21). The number of aromatic nitrogens is 2. The van der Waals surface area contributed by atoms with Gasteiger partial charge in [0, 0.05) is 11.8 Å². The van der Waals surface area contributed by atoms with Gasteiger partial charge in [0.1, 0.15) is 22.9 Å². The molecule has 2 heterocycles. The van der Waals surface area contributed by atoms with Crippen molar-refractivity contribution in [3.8, 4) is 17.0 Å². The quantitative estimate of drug-likeness (QED) is 0.772. The minimum Gasteiger partial charge on any atom is -0.493 e. The molecule has 112 valence electrons. The molecule has 0 amide bonds. The summed E-state index contributed by atoms with van der Waals surface area (Å²) in [7, 11) is 0. The summed E-state index contributed by atoms with van der Waals surface area (Å²) in [5.74, 6) is 0.0649. The first kappa shape index (κ1) is 13.9. The van der Waals surface area contributed by atoms with Gasteiger partial charge in [-0.15, -0.1) is 0 Å². The van der Waals surface area contributed by atoms with Gasteiger partial charge in [-0.25, -0.2) is 9.78 Å². The second-order valence-electron chi connectivity index (χ2n) is 4.73. The van der Waals surface area contributed by atoms with E-state index in [0.29, 0.717) is 29.5 Å². The van der Waals surface area contributed by atoms with E-state index in [4.69, 9.17) is 15.6 Å². The molecule has 3 rings (SSSR count). The van der Waals surface area contributed by atoms with Crippen molar-refractivity contribution in [1.29, 1.82) is 0 Å². The van der Waals surface area contributed by atoms with Crippen molar-refractivity contribution in [2.45, 2.75) is 6.92 Å². The van der Waals surface area contributed by atoms with E-state index in [0.717, 1.165) is 5.56 Å². The van der Waals surface area contributed by atoms with Crippen molar-refractivity contribution >= 4 is 17.4 Å². The number of fused-ring (bicyclic) bond motifs is 1. The predicted molar refractivity (Wildman–Crippen MR) is 83.2 cm³/mol. The molecule has 0 spiro atoms. The molecule has 0 radical (unpaired) electrons. The largest absolute Gasteiger partial charge is 0.493 e. The number of rotatable bonds is 4. The van der Waals surface area contributed by atoms with Gasteiger partial charge in [-0.05, 0) is 31.2 Å². The van der Waals surface area contributed by atoms with Crippen LogP contribution in [0.5, 0.6) is 5.75 Å². The highest BCUT2D eigenvalue weighted by Crippen LogP contribution is 2.33. The fourth-order valence-corrected chi connectivity index (χ4v) is 2.33. The third-order valence-electron chi connectivity index (χ3n) is 3.34. The number of nitrogens with zero attached hydrogens (tertiary/aromatic N) is 2. The first-order chi connectivity index (χ1) is 10.6. The van der Waals surface area contributed by atoms with E-state index in [2.05, 4.69) is 4.98 Å². The average Bonchev–Trinajstić information content (AvgIpc) is 2.85. The highest BCUT2D eigenvalue weighted by Gasteiger charge is 2.16. The van der Waals surface area contributed by atoms with Crippen molar-refractivity contribution in [3.05, 3.63) is 48.2 Å². The molecule has 0 unspecified atom stereocenters. The zero-order chi connectivity index (χ0) is 15.7. The number of hydrogen-bond donors (Lipinski definition) is 2. The number of carboxylic acids is 1. The molecule has 0 bridgehead atoms. The lowest BCUT2D eigenvalue weighted by atomic mass is 10.1. The molecule has 0 aliphatic heterocycles. The van der Waals surface area contributed by atoms with Gasteiger partial charge in [-0.1, -0.05) is 12.1 Å². The highest BCUT2D eigenvalue weighted by molar-refractivity contribution is 5.88. The van der Waals surface area contributed by atoms with E-state index < -0.39 is 5.97 Å². The average molecular weight is 297 g/mol. The number of carboxylic acid groups (broad SMARTS) is 1. The third kappa shape index (κ3) is 2.24. The van der Waals surface area contributed by atoms with Crippen LogP contribution in [0.4, 0.5) is 5.82 Å². The summed E-state index contributed by atoms with van der Waals surface area (Å²) in [4.78, 5) is 15.6. The fraction of sp³-hybridized carbons (Fsp3) is 0.125. The van der Waals surface area contributed by atoms with E-state index in [9.17, 15) is 4.79 Å². The number of hydrogen-bond acceptors (Lipinski definition) is 4. The summed E-state index contributed by atoms with van der Waals surface area (Å²) in [6, 6.07) is 10.6. The molecular formula is C16H15N3O3. The van der Waals surface area contributed by atoms with Gasteiger partial charge < -0.3 is 15.6 Å². The van der Waals surface area contributed by atoms with Crippen LogP contribution in [0.25, 0.3) is 16.9 Å². The van der Waals surface area contributed by atoms with Gasteiger partial charge in [0.2, 0.25) is 0 Å². The molecule has 22 heavy (non-hydrogen) atoms. The topological polar surface area (TPSA) is 89.8 Å². The van der Waals surface area contributed by atoms with Gasteiger partial charge in [0.25, 0.3) is 0 Å². The predicted octanol–water partition coefficient (Wildman–Crippen LogP) is 2.68. The summed E-state index contributed by atoms with van der Waals surface area (Å²) in [6.07, 6.45) is 1.47. The van der Waals surface area contributed by atoms with E-state index in [1.54, 1.807) is 10.5 Å². The lowest BCUT2D eigenvalue weighted by Crippen LogP contribution is -2.01. The lowest BCUT2D eigenvalue weighted by molar-refractivity contribution is 0.0696. The zero-order valence-electron chi connectivity index (χ0n) is 12.0. The molecule has 0 saturated carbocycles. The van der Waals surface area contributed by atoms with Gasteiger partial charge in [0.05, 0.1) is 12.2 Å². The Bertz CT molecular complexity index is 855. The van der Waals surface area contributed by atoms with Crippen LogP contribution < -0.4 is 10.5 Å². The van der Waals surface area contributed by atoms with Gasteiger partial charge >= 0.3 is 5.97 Å². The molecule has 0 atom stereocenters. The van der Waals surface area contributed by atoms with E-state index in [1.165, 1.54) is 12.3 Å². The minimum atomic E-state index is -1.01. The molecule has 0 aliphatic carbocycles. The van der Waals surface area contributed by atoms with Crippen LogP contribution in [-0.2, 0) is 0 Å². The second-order valence-corrected chi connectivity index (χ2v) is 4.73. The van der Waals surface area contributed by atoms with Crippen LogP contribution in [0.3, 0.4) is 0 Å². The molecule has 2 aromatic heterocycles. The van der Waals surface area contributed by atoms with Gasteiger partial charge in [-0.3, -0.25) is 4.40 Å². The number of imidazole rings is 1. The smallest absolute Gasteiger partial charge is 0.337 e. The molecule has 0 aliphatic rings. The molecule has 1 aromatic carbocycles. The van der Waals surface area contributed by atoms with Crippen molar-refractivity contribution in [1.82, 2.24) is 9.38 Å². The number of benzene rings is 1. The number of aromatic carboxylic acids is 1. The molecular weight excluding hydrogens is 282 g/mol. The van der Waals surface area contributed by atoms with E-state index >= 15 is 0 Å². The third-order valence-corrected chi connectivity index (χ3v) is 3.34. The Morgan fingerprint density at radius 3 is 2.82 bits per heavy atom. The first-order valence-electron chi connectivity index (χ1n) is 6.85. The Labute approximate surface area is 126 Å². The molecule has 6 nitrogen and oxygen atoms in total. The zero-order valence-corrected chi connectivity index (χ0v) is 12.0. The first-order valence-corrected chi connectivity index (χ1v) is 6.85. The number of para-hydroxylation sites is 1. The molecule has 0 fully saturated rings. The summed E-state index contributed by atoms with van der Waals surface area (Å²) in [5.41, 5.74) is 8.25. The number of pyridine rings is 1. The van der Waals surface area contributed by atoms with Crippen LogP contribution in [0, 0.1) is 0 Å². The van der Waals surface area contributed by atoms with Crippen molar-refractivity contribution in [2.24, 2.45) is 0 Å². The number of nitrogens with two attached hydrogens (primary N) is 1. The second kappa shape index (κ2) is 5.40. The normalized spacial score (nSPS) is 10.8. The number of anilines is 1. The fourth-order valence-electron chi connectivity index (χ4n) is 2.33. The number of nitrogen functional groups attached to an aromatic ring is 1. The van der Waals surface area contributed by atoms with Crippen molar-refractivity contribution < 1.29 is 14.6 Å². The van der Waals surface area contributed by atoms with Crippen LogP contribution in [0.2, 0.25) is 0 Å². The number of carbonyl (C=O) groups is 1. The Morgan fingerprint density at radius 2 is 2.09 bits per heavy atom. The summed E-state index contributed by atoms with van der Waals surface area (Å²) < 4.78 is 7.18. The van der Waals surface area contributed by atoms with Gasteiger partial charge in [0.15, 0.2) is 0 Å². The van der Waals surface area contributed by atoms with Crippen LogP contribution >= 0.6 is 0 Å². The Balaban J connectivity index is 2.20. The van der Waals surface area contributed by atoms with Crippen LogP contribution in [0.1, 0.15) is 17.3 Å². The summed E-state index contributed by atoms with van der Waals surface area (Å²) in [6.45, 7) is 2.44. The summed E-state index contributed by atoms with van der Waals surface area (Å²) in [5, 5.41) is 9.08. The summed E-state index contributed by atoms with van der Waals surface area (Å²) >= 11 is 0. The molecule has 0 saturated heterocycles. The van der Waals surface area contributed by atoms with Crippen molar-refractivity contribution in [3.63, 3.8) is 0 Å². The van der Waals surface area contributed by atoms with E-state index in [1.807, 2.05) is 31.2 Å². The monoisotopic (exact) mass is 297 g/mol. The van der Waals surface area contributed by atoms with Crippen LogP contribution in [-0.4, -0.2) is 27.1 Å². The molecule has 3 N–H and O–H groups in total. The molecule has 3 aromatic rings. The van der Waals surface area contributed by atoms with Crippen LogP contribution in [0.15, 0.2) is 42.6 Å². The highest BCUT2D eigenvalue weighted by atomic mass is 16.5. The maximum absolute atomic E-state index is 11.1. The van der Waals surface area contributed by atoms with E-state index in [-0.39, 0.29) is 5.56 Å².